The van der Waals surface area contributed by atoms with Crippen LogP contribution >= 0.6 is 22.9 Å². The van der Waals surface area contributed by atoms with Gasteiger partial charge in [0.15, 0.2) is 10.8 Å². The maximum atomic E-state index is 14.0. The maximum Gasteiger partial charge on any atom is 0.338 e. The summed E-state index contributed by atoms with van der Waals surface area (Å²) >= 11 is 7.85. The van der Waals surface area contributed by atoms with Gasteiger partial charge in [-0.15, -0.1) is 11.3 Å². The summed E-state index contributed by atoms with van der Waals surface area (Å²) in [6, 6.07) is 9.95. The average Bonchev–Trinajstić information content (AvgIpc) is 3.68. The number of carboxylic acids is 1. The number of nitrogens with zero attached hydrogens (tertiary/aromatic N) is 5. The van der Waals surface area contributed by atoms with Gasteiger partial charge in [0.2, 0.25) is 0 Å². The number of hydrogen-bond donors (Lipinski definition) is 2. The van der Waals surface area contributed by atoms with E-state index in [2.05, 4.69) is 15.2 Å². The minimum Gasteiger partial charge on any atom is -0.481 e. The van der Waals surface area contributed by atoms with Gasteiger partial charge < -0.3 is 20.1 Å². The van der Waals surface area contributed by atoms with E-state index in [1.807, 2.05) is 10.3 Å². The Morgan fingerprint density at radius 1 is 1.20 bits per heavy atom. The van der Waals surface area contributed by atoms with E-state index in [-0.39, 0.29) is 22.7 Å². The topological polar surface area (TPSA) is 128 Å². The standard InChI is InChI=1S/C31H30ClFN6O5S/c1-17(29(40)41)18-3-6-20(7-4-18)39-15-21-14-37(10-11-38(21)31(39)43)16-24-25(30(42)44-2)26(22-8-5-19(33)13-23(22)32)36-27(35-24)28-34-9-12-45-28/h3-9,12-13,17,21,26H,10-11,14-16H2,1-2H3,(H,35,36)(H,40,41)/t17-,21+,26?/m1/s1. The molecule has 1 aromatic heterocycles. The van der Waals surface area contributed by atoms with Gasteiger partial charge in [0, 0.05) is 66.3 Å². The van der Waals surface area contributed by atoms with E-state index in [0.717, 1.165) is 0 Å². The maximum absolute atomic E-state index is 14.0. The van der Waals surface area contributed by atoms with Crippen LogP contribution in [0.25, 0.3) is 0 Å². The van der Waals surface area contributed by atoms with Gasteiger partial charge in [-0.05, 0) is 36.8 Å². The second kappa shape index (κ2) is 12.6. The molecule has 0 saturated carbocycles. The van der Waals surface area contributed by atoms with Crippen molar-refractivity contribution in [3.8, 4) is 0 Å². The summed E-state index contributed by atoms with van der Waals surface area (Å²) in [4.78, 5) is 52.9. The van der Waals surface area contributed by atoms with Crippen molar-refractivity contribution in [2.24, 2.45) is 4.99 Å². The summed E-state index contributed by atoms with van der Waals surface area (Å²) < 4.78 is 19.2. The van der Waals surface area contributed by atoms with Crippen molar-refractivity contribution in [1.29, 1.82) is 0 Å². The molecular formula is C31H30ClFN6O5S. The number of aromatic nitrogens is 1. The van der Waals surface area contributed by atoms with Crippen molar-refractivity contribution in [3.05, 3.63) is 92.3 Å². The fourth-order valence-electron chi connectivity index (χ4n) is 5.91. The van der Waals surface area contributed by atoms with Gasteiger partial charge in [-0.3, -0.25) is 19.6 Å². The number of carbonyl (C=O) groups excluding carboxylic acids is 2. The SMILES string of the molecule is COC(=O)C1=C(CN2CCN3C(=O)N(c4ccc([C@@H](C)C(=O)O)cc4)C[C@@H]3C2)NC(c2nccs2)=NC1c1ccc(F)cc1Cl. The first kappa shape index (κ1) is 30.7. The normalized spacial score (nSPS) is 20.9. The van der Waals surface area contributed by atoms with Crippen molar-refractivity contribution in [2.75, 3.05) is 44.7 Å². The van der Waals surface area contributed by atoms with E-state index in [4.69, 9.17) is 21.3 Å². The van der Waals surface area contributed by atoms with Crippen LogP contribution in [0.1, 0.15) is 35.0 Å². The van der Waals surface area contributed by atoms with Crippen LogP contribution in [0.4, 0.5) is 14.9 Å². The monoisotopic (exact) mass is 652 g/mol. The number of nitrogens with one attached hydrogen (secondary N) is 1. The number of aliphatic carboxylic acids is 1. The van der Waals surface area contributed by atoms with E-state index in [0.29, 0.717) is 66.1 Å². The molecule has 3 aliphatic rings. The van der Waals surface area contributed by atoms with Crippen molar-refractivity contribution in [1.82, 2.24) is 20.1 Å². The number of anilines is 1. The average molecular weight is 653 g/mol. The lowest BCUT2D eigenvalue weighted by Gasteiger charge is -2.38. The number of amidine groups is 1. The molecule has 4 heterocycles. The first-order chi connectivity index (χ1) is 21.6. The Labute approximate surface area is 267 Å². The summed E-state index contributed by atoms with van der Waals surface area (Å²) in [6.07, 6.45) is 1.66. The van der Waals surface area contributed by atoms with E-state index in [1.165, 1.54) is 36.6 Å². The van der Waals surface area contributed by atoms with E-state index >= 15 is 0 Å². The highest BCUT2D eigenvalue weighted by molar-refractivity contribution is 7.11. The van der Waals surface area contributed by atoms with Crippen LogP contribution in [0.15, 0.2) is 70.3 Å². The molecule has 2 fully saturated rings. The number of halogens is 2. The number of aliphatic imine (C=N–C) groups is 1. The Balaban J connectivity index is 1.26. The van der Waals surface area contributed by atoms with Crippen molar-refractivity contribution >= 4 is 52.4 Å². The highest BCUT2D eigenvalue weighted by Crippen LogP contribution is 2.37. The van der Waals surface area contributed by atoms with Crippen LogP contribution in [0.5, 0.6) is 0 Å². The molecule has 0 radical (unpaired) electrons. The van der Waals surface area contributed by atoms with E-state index < -0.39 is 29.7 Å². The Bertz CT molecular complexity index is 1700. The molecule has 3 aliphatic heterocycles. The van der Waals surface area contributed by atoms with Crippen LogP contribution < -0.4 is 10.2 Å². The van der Waals surface area contributed by atoms with Gasteiger partial charge >= 0.3 is 18.0 Å². The lowest BCUT2D eigenvalue weighted by atomic mass is 9.95. The van der Waals surface area contributed by atoms with Gasteiger partial charge in [0.25, 0.3) is 0 Å². The van der Waals surface area contributed by atoms with Crippen LogP contribution in [0.2, 0.25) is 5.02 Å². The van der Waals surface area contributed by atoms with Gasteiger partial charge in [-0.1, -0.05) is 29.8 Å². The van der Waals surface area contributed by atoms with Crippen LogP contribution in [0.3, 0.4) is 0 Å². The number of thiazole rings is 1. The number of benzene rings is 2. The van der Waals surface area contributed by atoms with Gasteiger partial charge in [-0.2, -0.15) is 0 Å². The smallest absolute Gasteiger partial charge is 0.338 e. The second-order valence-electron chi connectivity index (χ2n) is 11.0. The summed E-state index contributed by atoms with van der Waals surface area (Å²) in [7, 11) is 1.29. The minimum atomic E-state index is -0.910. The highest BCUT2D eigenvalue weighted by atomic mass is 35.5. The molecule has 6 rings (SSSR count). The molecule has 234 valence electrons. The van der Waals surface area contributed by atoms with Crippen LogP contribution in [-0.2, 0) is 14.3 Å². The zero-order chi connectivity index (χ0) is 31.8. The van der Waals surface area contributed by atoms with Crippen LogP contribution in [0, 0.1) is 5.82 Å². The molecule has 3 atom stereocenters. The fraction of sp³-hybridized carbons (Fsp3) is 0.323. The number of urea groups is 1. The highest BCUT2D eigenvalue weighted by Gasteiger charge is 2.42. The molecule has 0 bridgehead atoms. The number of fused-ring (bicyclic) bond motifs is 1. The third kappa shape index (κ3) is 6.02. The Morgan fingerprint density at radius 3 is 2.64 bits per heavy atom. The van der Waals surface area contributed by atoms with Gasteiger partial charge in [0.05, 0.1) is 24.6 Å². The molecule has 45 heavy (non-hydrogen) atoms. The summed E-state index contributed by atoms with van der Waals surface area (Å²) in [5.74, 6) is -2.20. The number of carboxylic acid groups (broad SMARTS) is 1. The zero-order valence-corrected chi connectivity index (χ0v) is 26.0. The number of amides is 2. The number of ether oxygens (including phenoxy) is 1. The molecular weight excluding hydrogens is 623 g/mol. The summed E-state index contributed by atoms with van der Waals surface area (Å²) in [5, 5.41) is 15.2. The first-order valence-electron chi connectivity index (χ1n) is 14.3. The minimum absolute atomic E-state index is 0.104. The number of methoxy groups -OCH3 is 1. The lowest BCUT2D eigenvalue weighted by molar-refractivity contribution is -0.138. The molecule has 0 aliphatic carbocycles. The van der Waals surface area contributed by atoms with E-state index in [9.17, 15) is 23.9 Å². The molecule has 11 nitrogen and oxygen atoms in total. The Morgan fingerprint density at radius 2 is 1.98 bits per heavy atom. The molecule has 14 heteroatoms. The molecule has 2 N–H and O–H groups in total. The molecule has 2 saturated heterocycles. The number of hydrogen-bond acceptors (Lipinski definition) is 9. The molecule has 2 aromatic carbocycles. The van der Waals surface area contributed by atoms with Crippen molar-refractivity contribution in [3.63, 3.8) is 0 Å². The molecule has 2 amide bonds. The van der Waals surface area contributed by atoms with Gasteiger partial charge in [0.1, 0.15) is 11.9 Å². The number of rotatable bonds is 8. The summed E-state index contributed by atoms with van der Waals surface area (Å²) in [6.45, 7) is 3.98. The predicted octanol–water partition coefficient (Wildman–Crippen LogP) is 4.27. The number of carbonyl (C=O) groups is 3. The van der Waals surface area contributed by atoms with Crippen molar-refractivity contribution in [2.45, 2.75) is 24.9 Å². The lowest BCUT2D eigenvalue weighted by Crippen LogP contribution is -2.53. The molecule has 3 aromatic rings. The predicted molar refractivity (Wildman–Crippen MR) is 167 cm³/mol. The zero-order valence-electron chi connectivity index (χ0n) is 24.4. The number of piperazine rings is 1. The Kier molecular flexibility index (Phi) is 8.58. The second-order valence-corrected chi connectivity index (χ2v) is 12.3. The largest absolute Gasteiger partial charge is 0.481 e. The molecule has 1 unspecified atom stereocenters. The molecule has 0 spiro atoms. The van der Waals surface area contributed by atoms with Crippen molar-refractivity contribution < 1.29 is 28.6 Å². The fourth-order valence-corrected chi connectivity index (χ4v) is 6.77. The number of esters is 1. The third-order valence-corrected chi connectivity index (χ3v) is 9.42. The van der Waals surface area contributed by atoms with Gasteiger partial charge in [-0.25, -0.2) is 19.0 Å². The Hall–Kier alpha value is -4.33. The third-order valence-electron chi connectivity index (χ3n) is 8.32. The summed E-state index contributed by atoms with van der Waals surface area (Å²) in [5.41, 5.74) is 2.64. The van der Waals surface area contributed by atoms with Crippen LogP contribution in [-0.4, -0.2) is 89.6 Å². The van der Waals surface area contributed by atoms with E-state index in [1.54, 1.807) is 42.3 Å². The first-order valence-corrected chi connectivity index (χ1v) is 15.5. The quantitative estimate of drug-likeness (QED) is 0.346.